The first kappa shape index (κ1) is 18.9. The Morgan fingerprint density at radius 2 is 1.79 bits per heavy atom. The van der Waals surface area contributed by atoms with Gasteiger partial charge < -0.3 is 10.1 Å². The summed E-state index contributed by atoms with van der Waals surface area (Å²) in [5, 5.41) is 12.2. The van der Waals surface area contributed by atoms with E-state index in [9.17, 15) is 14.4 Å². The Bertz CT molecular complexity index is 1040. The van der Waals surface area contributed by atoms with Crippen molar-refractivity contribution >= 4 is 23.2 Å². The number of carbonyl (C=O) groups excluding carboxylic acids is 1. The van der Waals surface area contributed by atoms with Gasteiger partial charge in [-0.2, -0.15) is 5.26 Å². The molecule has 28 heavy (non-hydrogen) atoms. The maximum absolute atomic E-state index is 13.5. The number of nitriles is 1. The van der Waals surface area contributed by atoms with Crippen molar-refractivity contribution in [3.8, 4) is 11.8 Å². The molecule has 0 atom stereocenters. The number of ether oxygens (including phenoxy) is 1. The smallest absolute Gasteiger partial charge is 0.262 e. The molecule has 1 N–H and O–H groups in total. The summed E-state index contributed by atoms with van der Waals surface area (Å²) in [7, 11) is 0. The highest BCUT2D eigenvalue weighted by Crippen LogP contribution is 2.25. The summed E-state index contributed by atoms with van der Waals surface area (Å²) in [5.74, 6) is -0.258. The lowest BCUT2D eigenvalue weighted by molar-refractivity contribution is -0.118. The van der Waals surface area contributed by atoms with Gasteiger partial charge in [0, 0.05) is 11.3 Å². The predicted octanol–water partition coefficient (Wildman–Crippen LogP) is 4.91. The summed E-state index contributed by atoms with van der Waals surface area (Å²) in [5.41, 5.74) is 2.07. The molecular weight excluding hydrogens is 355 g/mol. The number of anilines is 1. The maximum Gasteiger partial charge on any atom is 0.262 e. The Hall–Kier alpha value is -3.91. The van der Waals surface area contributed by atoms with Crippen molar-refractivity contribution in [2.75, 3.05) is 11.9 Å². The first-order valence-electron chi connectivity index (χ1n) is 8.60. The molecule has 0 unspecified atom stereocenters. The number of nitrogens with zero attached hydrogens (tertiary/aromatic N) is 1. The molecule has 3 aromatic carbocycles. The normalized spacial score (nSPS) is 10.8. The monoisotopic (exact) mass is 372 g/mol. The third kappa shape index (κ3) is 5.05. The fourth-order valence-corrected chi connectivity index (χ4v) is 2.58. The lowest BCUT2D eigenvalue weighted by atomic mass is 10.0. The topological polar surface area (TPSA) is 62.1 Å². The van der Waals surface area contributed by atoms with Crippen LogP contribution in [-0.4, -0.2) is 12.5 Å². The van der Waals surface area contributed by atoms with Crippen LogP contribution < -0.4 is 10.1 Å². The van der Waals surface area contributed by atoms with Crippen molar-refractivity contribution in [3.63, 3.8) is 0 Å². The maximum atomic E-state index is 13.5. The van der Waals surface area contributed by atoms with E-state index < -0.39 is 5.82 Å². The SMILES string of the molecule is N#C/C(=C\c1ccccc1OCC(=O)Nc1ccccc1)c1cccc(F)c1. The van der Waals surface area contributed by atoms with Gasteiger partial charge in [-0.3, -0.25) is 4.79 Å². The number of allylic oxidation sites excluding steroid dienone is 1. The van der Waals surface area contributed by atoms with E-state index in [4.69, 9.17) is 4.74 Å². The summed E-state index contributed by atoms with van der Waals surface area (Å²) >= 11 is 0. The minimum absolute atomic E-state index is 0.179. The van der Waals surface area contributed by atoms with Crippen LogP contribution in [0.3, 0.4) is 0 Å². The van der Waals surface area contributed by atoms with Crippen LogP contribution in [0.5, 0.6) is 5.75 Å². The number of benzene rings is 3. The molecule has 0 aromatic heterocycles. The molecule has 0 aliphatic heterocycles. The molecule has 3 aromatic rings. The van der Waals surface area contributed by atoms with Gasteiger partial charge in [0.1, 0.15) is 11.6 Å². The van der Waals surface area contributed by atoms with Gasteiger partial charge in [0.2, 0.25) is 0 Å². The predicted molar refractivity (Wildman–Crippen MR) is 107 cm³/mol. The number of amides is 1. The van der Waals surface area contributed by atoms with Crippen LogP contribution in [0.4, 0.5) is 10.1 Å². The summed E-state index contributed by atoms with van der Waals surface area (Å²) in [6.07, 6.45) is 1.61. The highest BCUT2D eigenvalue weighted by atomic mass is 19.1. The number of halogens is 1. The van der Waals surface area contributed by atoms with Crippen LogP contribution in [-0.2, 0) is 4.79 Å². The average molecular weight is 372 g/mol. The molecule has 0 aliphatic rings. The van der Waals surface area contributed by atoms with Crippen molar-refractivity contribution in [3.05, 3.63) is 95.8 Å². The zero-order valence-corrected chi connectivity index (χ0v) is 14.9. The molecule has 0 bridgehead atoms. The first-order chi connectivity index (χ1) is 13.7. The lowest BCUT2D eigenvalue weighted by Crippen LogP contribution is -2.20. The van der Waals surface area contributed by atoms with Crippen LogP contribution in [0, 0.1) is 17.1 Å². The van der Waals surface area contributed by atoms with Gasteiger partial charge in [-0.25, -0.2) is 4.39 Å². The van der Waals surface area contributed by atoms with Crippen LogP contribution in [0.25, 0.3) is 11.6 Å². The van der Waals surface area contributed by atoms with E-state index >= 15 is 0 Å². The fourth-order valence-electron chi connectivity index (χ4n) is 2.58. The summed E-state index contributed by atoms with van der Waals surface area (Å²) in [6, 6.07) is 24.0. The zero-order chi connectivity index (χ0) is 19.8. The standard InChI is InChI=1S/C23H17FN2O2/c24-20-9-6-8-17(14-20)19(15-25)13-18-7-4-5-12-22(18)28-16-23(27)26-21-10-2-1-3-11-21/h1-14H,16H2,(H,26,27)/b19-13+. The lowest BCUT2D eigenvalue weighted by Gasteiger charge is -2.10. The third-order valence-corrected chi connectivity index (χ3v) is 3.89. The van der Waals surface area contributed by atoms with E-state index in [2.05, 4.69) is 11.4 Å². The Morgan fingerprint density at radius 3 is 2.54 bits per heavy atom. The Kier molecular flexibility index (Phi) is 6.17. The molecule has 4 nitrogen and oxygen atoms in total. The molecule has 0 fully saturated rings. The van der Waals surface area contributed by atoms with Crippen molar-refractivity contribution < 1.29 is 13.9 Å². The molecule has 138 valence electrons. The highest BCUT2D eigenvalue weighted by Gasteiger charge is 2.08. The van der Waals surface area contributed by atoms with Crippen molar-refractivity contribution in [1.29, 1.82) is 5.26 Å². The van der Waals surface area contributed by atoms with Crippen molar-refractivity contribution in [1.82, 2.24) is 0 Å². The molecular formula is C23H17FN2O2. The second kappa shape index (κ2) is 9.15. The van der Waals surface area contributed by atoms with Gasteiger partial charge in [0.15, 0.2) is 6.61 Å². The van der Waals surface area contributed by atoms with Crippen molar-refractivity contribution in [2.24, 2.45) is 0 Å². The summed E-state index contributed by atoms with van der Waals surface area (Å²) < 4.78 is 19.1. The highest BCUT2D eigenvalue weighted by molar-refractivity contribution is 5.92. The molecule has 0 heterocycles. The summed E-state index contributed by atoms with van der Waals surface area (Å²) in [4.78, 5) is 12.1. The van der Waals surface area contributed by atoms with Gasteiger partial charge >= 0.3 is 0 Å². The molecule has 0 radical (unpaired) electrons. The Labute approximate surface area is 162 Å². The minimum atomic E-state index is -0.416. The van der Waals surface area contributed by atoms with Gasteiger partial charge in [0.05, 0.1) is 11.6 Å². The number of hydrogen-bond donors (Lipinski definition) is 1. The number of para-hydroxylation sites is 2. The summed E-state index contributed by atoms with van der Waals surface area (Å²) in [6.45, 7) is -0.179. The van der Waals surface area contributed by atoms with Crippen LogP contribution >= 0.6 is 0 Å². The second-order valence-electron chi connectivity index (χ2n) is 5.92. The van der Waals surface area contributed by atoms with Crippen LogP contribution in [0.2, 0.25) is 0 Å². The Balaban J connectivity index is 1.75. The molecule has 0 aliphatic carbocycles. The molecule has 0 spiro atoms. The van der Waals surface area contributed by atoms with Gasteiger partial charge in [-0.1, -0.05) is 48.5 Å². The number of nitrogens with one attached hydrogen (secondary N) is 1. The average Bonchev–Trinajstić information content (AvgIpc) is 2.72. The van der Waals surface area contributed by atoms with E-state index in [0.717, 1.165) is 0 Å². The third-order valence-electron chi connectivity index (χ3n) is 3.89. The zero-order valence-electron chi connectivity index (χ0n) is 14.9. The van der Waals surface area contributed by atoms with Crippen LogP contribution in [0.15, 0.2) is 78.9 Å². The van der Waals surface area contributed by atoms with E-state index in [1.54, 1.807) is 54.6 Å². The largest absolute Gasteiger partial charge is 0.483 e. The fraction of sp³-hybridized carbons (Fsp3) is 0.0435. The van der Waals surface area contributed by atoms with E-state index in [1.165, 1.54) is 12.1 Å². The van der Waals surface area contributed by atoms with E-state index in [-0.39, 0.29) is 12.5 Å². The molecule has 3 rings (SSSR count). The number of hydrogen-bond acceptors (Lipinski definition) is 3. The first-order valence-corrected chi connectivity index (χ1v) is 8.60. The van der Waals surface area contributed by atoms with Gasteiger partial charge in [-0.15, -0.1) is 0 Å². The number of carbonyl (C=O) groups is 1. The van der Waals surface area contributed by atoms with Crippen LogP contribution in [0.1, 0.15) is 11.1 Å². The quantitative estimate of drug-likeness (QED) is 0.494. The molecule has 1 amide bonds. The second-order valence-corrected chi connectivity index (χ2v) is 5.92. The number of rotatable bonds is 6. The van der Waals surface area contributed by atoms with Crippen molar-refractivity contribution in [2.45, 2.75) is 0 Å². The molecule has 0 saturated carbocycles. The minimum Gasteiger partial charge on any atom is -0.483 e. The Morgan fingerprint density at radius 1 is 1.04 bits per heavy atom. The van der Waals surface area contributed by atoms with E-state index in [0.29, 0.717) is 28.1 Å². The van der Waals surface area contributed by atoms with Gasteiger partial charge in [0.25, 0.3) is 5.91 Å². The van der Waals surface area contributed by atoms with E-state index in [1.807, 2.05) is 18.2 Å². The molecule has 5 heteroatoms. The van der Waals surface area contributed by atoms with Gasteiger partial charge in [-0.05, 0) is 42.0 Å². The molecule has 0 saturated heterocycles.